The van der Waals surface area contributed by atoms with Gasteiger partial charge in [0.15, 0.2) is 0 Å². The molecule has 2 aromatic rings. The number of rotatable bonds is 2. The third-order valence-corrected chi connectivity index (χ3v) is 3.05. The van der Waals surface area contributed by atoms with Crippen LogP contribution in [0, 0.1) is 0 Å². The van der Waals surface area contributed by atoms with Crippen molar-refractivity contribution < 1.29 is 4.42 Å². The van der Waals surface area contributed by atoms with Crippen LogP contribution in [0.2, 0.25) is 0 Å². The van der Waals surface area contributed by atoms with Gasteiger partial charge in [0, 0.05) is 11.1 Å². The number of hydrogen-bond acceptors (Lipinski definition) is 2. The molecule has 0 spiro atoms. The summed E-state index contributed by atoms with van der Waals surface area (Å²) in [5.41, 5.74) is 8.41. The van der Waals surface area contributed by atoms with Gasteiger partial charge in [-0.15, -0.1) is 0 Å². The molecule has 0 bridgehead atoms. The summed E-state index contributed by atoms with van der Waals surface area (Å²) in [4.78, 5) is 0. The van der Waals surface area contributed by atoms with Gasteiger partial charge in [0.05, 0.1) is 6.26 Å². The zero-order chi connectivity index (χ0) is 10.3. The summed E-state index contributed by atoms with van der Waals surface area (Å²) in [6.45, 7) is 0. The molecule has 76 valence electrons. The summed E-state index contributed by atoms with van der Waals surface area (Å²) in [6, 6.07) is 12.2. The predicted molar refractivity (Wildman–Crippen MR) is 59.2 cm³/mol. The third kappa shape index (κ3) is 1.47. The Morgan fingerprint density at radius 3 is 2.33 bits per heavy atom. The number of benzene rings is 1. The van der Waals surface area contributed by atoms with E-state index in [1.807, 2.05) is 12.1 Å². The van der Waals surface area contributed by atoms with Gasteiger partial charge in [-0.3, -0.25) is 0 Å². The topological polar surface area (TPSA) is 39.2 Å². The molecule has 1 aromatic carbocycles. The van der Waals surface area contributed by atoms with Crippen LogP contribution < -0.4 is 5.73 Å². The Labute approximate surface area is 88.7 Å². The highest BCUT2D eigenvalue weighted by Crippen LogP contribution is 2.42. The first-order valence-electron chi connectivity index (χ1n) is 5.21. The van der Waals surface area contributed by atoms with E-state index in [1.54, 1.807) is 6.26 Å². The highest BCUT2D eigenvalue weighted by Gasteiger charge is 2.39. The lowest BCUT2D eigenvalue weighted by atomic mass is 10.0. The Balaban J connectivity index is 1.94. The van der Waals surface area contributed by atoms with Gasteiger partial charge in [-0.05, 0) is 30.5 Å². The van der Waals surface area contributed by atoms with Crippen LogP contribution >= 0.6 is 0 Å². The lowest BCUT2D eigenvalue weighted by molar-refractivity contribution is 0.582. The molecule has 0 aliphatic heterocycles. The van der Waals surface area contributed by atoms with Gasteiger partial charge in [-0.25, -0.2) is 0 Å². The van der Waals surface area contributed by atoms with E-state index < -0.39 is 0 Å². The van der Waals surface area contributed by atoms with Gasteiger partial charge in [0.2, 0.25) is 0 Å². The second-order valence-electron chi connectivity index (χ2n) is 4.21. The van der Waals surface area contributed by atoms with Gasteiger partial charge in [0.25, 0.3) is 0 Å². The molecule has 1 heterocycles. The van der Waals surface area contributed by atoms with Crippen LogP contribution in [0.1, 0.15) is 18.4 Å². The smallest absolute Gasteiger partial charge is 0.133 e. The lowest BCUT2D eigenvalue weighted by Crippen LogP contribution is -2.18. The van der Waals surface area contributed by atoms with Crippen molar-refractivity contribution in [3.8, 4) is 11.3 Å². The van der Waals surface area contributed by atoms with E-state index in [1.165, 1.54) is 5.56 Å². The summed E-state index contributed by atoms with van der Waals surface area (Å²) in [5, 5.41) is 0. The van der Waals surface area contributed by atoms with Gasteiger partial charge < -0.3 is 10.2 Å². The van der Waals surface area contributed by atoms with Crippen LogP contribution in [0.3, 0.4) is 0 Å². The lowest BCUT2D eigenvalue weighted by Gasteiger charge is -2.08. The van der Waals surface area contributed by atoms with Crippen molar-refractivity contribution in [1.29, 1.82) is 0 Å². The summed E-state index contributed by atoms with van der Waals surface area (Å²) >= 11 is 0. The van der Waals surface area contributed by atoms with E-state index >= 15 is 0 Å². The fraction of sp³-hybridized carbons (Fsp3) is 0.231. The molecule has 1 aliphatic rings. The van der Waals surface area contributed by atoms with Crippen LogP contribution in [-0.2, 0) is 5.54 Å². The quantitative estimate of drug-likeness (QED) is 0.807. The Morgan fingerprint density at radius 1 is 1.07 bits per heavy atom. The molecule has 0 atom stereocenters. The van der Waals surface area contributed by atoms with E-state index in [-0.39, 0.29) is 5.54 Å². The normalized spacial score (nSPS) is 17.7. The first kappa shape index (κ1) is 8.74. The van der Waals surface area contributed by atoms with Crippen molar-refractivity contribution in [3.63, 3.8) is 0 Å². The Hall–Kier alpha value is -1.54. The van der Waals surface area contributed by atoms with Crippen molar-refractivity contribution in [3.05, 3.63) is 48.2 Å². The average molecular weight is 199 g/mol. The van der Waals surface area contributed by atoms with Crippen LogP contribution in [0.4, 0.5) is 0 Å². The Bertz CT molecular complexity index is 452. The standard InChI is InChI=1S/C13H13NO/c14-13(7-8-13)11-5-3-10(4-6-11)12-2-1-9-15-12/h1-6,9H,7-8,14H2. The summed E-state index contributed by atoms with van der Waals surface area (Å²) in [6.07, 6.45) is 3.90. The molecule has 15 heavy (non-hydrogen) atoms. The maximum atomic E-state index is 6.11. The van der Waals surface area contributed by atoms with Crippen molar-refractivity contribution in [2.24, 2.45) is 5.73 Å². The molecular formula is C13H13NO. The van der Waals surface area contributed by atoms with E-state index in [0.29, 0.717) is 0 Å². The predicted octanol–water partition coefficient (Wildman–Crippen LogP) is 2.89. The summed E-state index contributed by atoms with van der Waals surface area (Å²) in [7, 11) is 0. The molecule has 0 amide bonds. The van der Waals surface area contributed by atoms with Crippen molar-refractivity contribution in [2.45, 2.75) is 18.4 Å². The number of furan rings is 1. The molecule has 1 aromatic heterocycles. The first-order valence-corrected chi connectivity index (χ1v) is 5.21. The van der Waals surface area contributed by atoms with Crippen molar-refractivity contribution >= 4 is 0 Å². The SMILES string of the molecule is NC1(c2ccc(-c3ccco3)cc2)CC1. The monoisotopic (exact) mass is 199 g/mol. The minimum atomic E-state index is -0.0400. The van der Waals surface area contributed by atoms with Gasteiger partial charge in [-0.2, -0.15) is 0 Å². The third-order valence-electron chi connectivity index (χ3n) is 3.05. The molecule has 0 unspecified atom stereocenters. The maximum absolute atomic E-state index is 6.11. The zero-order valence-electron chi connectivity index (χ0n) is 8.44. The zero-order valence-corrected chi connectivity index (χ0v) is 8.44. The molecule has 1 aliphatic carbocycles. The fourth-order valence-corrected chi connectivity index (χ4v) is 1.83. The van der Waals surface area contributed by atoms with E-state index in [0.717, 1.165) is 24.2 Å². The second-order valence-corrected chi connectivity index (χ2v) is 4.21. The minimum Gasteiger partial charge on any atom is -0.464 e. The van der Waals surface area contributed by atoms with Gasteiger partial charge in [-0.1, -0.05) is 24.3 Å². The number of nitrogens with two attached hydrogens (primary N) is 1. The van der Waals surface area contributed by atoms with E-state index in [2.05, 4.69) is 24.3 Å². The fourth-order valence-electron chi connectivity index (χ4n) is 1.83. The maximum Gasteiger partial charge on any atom is 0.133 e. The molecular weight excluding hydrogens is 186 g/mol. The molecule has 0 radical (unpaired) electrons. The molecule has 2 heteroatoms. The Morgan fingerprint density at radius 2 is 1.80 bits per heavy atom. The van der Waals surface area contributed by atoms with Crippen molar-refractivity contribution in [1.82, 2.24) is 0 Å². The number of hydrogen-bond donors (Lipinski definition) is 1. The highest BCUT2D eigenvalue weighted by molar-refractivity contribution is 5.58. The van der Waals surface area contributed by atoms with E-state index in [9.17, 15) is 0 Å². The first-order chi connectivity index (χ1) is 7.28. The molecule has 2 nitrogen and oxygen atoms in total. The largest absolute Gasteiger partial charge is 0.464 e. The van der Waals surface area contributed by atoms with Crippen LogP contribution in [0.25, 0.3) is 11.3 Å². The van der Waals surface area contributed by atoms with Crippen molar-refractivity contribution in [2.75, 3.05) is 0 Å². The highest BCUT2D eigenvalue weighted by atomic mass is 16.3. The average Bonchev–Trinajstić information content (AvgIpc) is 2.84. The summed E-state index contributed by atoms with van der Waals surface area (Å²) < 4.78 is 5.33. The molecule has 1 saturated carbocycles. The Kier molecular flexibility index (Phi) is 1.73. The second kappa shape index (κ2) is 2.97. The van der Waals surface area contributed by atoms with Crippen LogP contribution in [-0.4, -0.2) is 0 Å². The van der Waals surface area contributed by atoms with E-state index in [4.69, 9.17) is 10.2 Å². The minimum absolute atomic E-state index is 0.0400. The van der Waals surface area contributed by atoms with Crippen LogP contribution in [0.5, 0.6) is 0 Å². The molecule has 2 N–H and O–H groups in total. The molecule has 1 fully saturated rings. The van der Waals surface area contributed by atoms with Crippen LogP contribution in [0.15, 0.2) is 47.1 Å². The summed E-state index contributed by atoms with van der Waals surface area (Å²) in [5.74, 6) is 0.906. The van der Waals surface area contributed by atoms with Gasteiger partial charge >= 0.3 is 0 Å². The molecule has 0 saturated heterocycles. The van der Waals surface area contributed by atoms with Gasteiger partial charge in [0.1, 0.15) is 5.76 Å². The molecule has 3 rings (SSSR count).